The van der Waals surface area contributed by atoms with Crippen molar-refractivity contribution in [3.05, 3.63) is 46.1 Å². The van der Waals surface area contributed by atoms with Gasteiger partial charge in [0.05, 0.1) is 0 Å². The number of amides is 1. The maximum Gasteiger partial charge on any atom is 0.254 e. The Kier molecular flexibility index (Phi) is 6.92. The molecule has 2 N–H and O–H groups in total. The molecule has 0 spiro atoms. The first kappa shape index (κ1) is 20.2. The molecule has 7 heteroatoms. The standard InChI is InChI=1S/C21H29N5O2/c1-3-13-26(17-8-11-22-12-9-17)19(27)7-6-18-15(2)24-20(25-21(18)28)16-5-4-10-23-14-16/h4-5,10,14,17,22H,3,6-9,11-13H2,1-2H3,(H,24,25,28). The van der Waals surface area contributed by atoms with E-state index in [1.54, 1.807) is 18.5 Å². The van der Waals surface area contributed by atoms with Gasteiger partial charge >= 0.3 is 0 Å². The monoisotopic (exact) mass is 383 g/mol. The van der Waals surface area contributed by atoms with Crippen molar-refractivity contribution in [2.45, 2.75) is 52.0 Å². The zero-order valence-corrected chi connectivity index (χ0v) is 16.7. The number of pyridine rings is 1. The number of hydrogen-bond acceptors (Lipinski definition) is 5. The van der Waals surface area contributed by atoms with Crippen LogP contribution in [0.3, 0.4) is 0 Å². The lowest BCUT2D eigenvalue weighted by Gasteiger charge is -2.34. The van der Waals surface area contributed by atoms with Crippen molar-refractivity contribution >= 4 is 5.91 Å². The van der Waals surface area contributed by atoms with Gasteiger partial charge in [-0.1, -0.05) is 6.92 Å². The van der Waals surface area contributed by atoms with Crippen LogP contribution in [0.25, 0.3) is 11.4 Å². The fraction of sp³-hybridized carbons (Fsp3) is 0.524. The average Bonchev–Trinajstić information content (AvgIpc) is 2.72. The summed E-state index contributed by atoms with van der Waals surface area (Å²) in [5.41, 5.74) is 1.84. The molecule has 1 saturated heterocycles. The number of aryl methyl sites for hydroxylation is 1. The predicted molar refractivity (Wildman–Crippen MR) is 109 cm³/mol. The highest BCUT2D eigenvalue weighted by Crippen LogP contribution is 2.16. The van der Waals surface area contributed by atoms with Crippen LogP contribution in [0.1, 0.15) is 43.9 Å². The molecule has 1 aliphatic heterocycles. The Morgan fingerprint density at radius 1 is 1.32 bits per heavy atom. The van der Waals surface area contributed by atoms with E-state index in [4.69, 9.17) is 0 Å². The lowest BCUT2D eigenvalue weighted by atomic mass is 10.0. The summed E-state index contributed by atoms with van der Waals surface area (Å²) >= 11 is 0. The molecule has 1 fully saturated rings. The summed E-state index contributed by atoms with van der Waals surface area (Å²) in [6, 6.07) is 3.97. The summed E-state index contributed by atoms with van der Waals surface area (Å²) in [6.07, 6.45) is 7.02. The smallest absolute Gasteiger partial charge is 0.254 e. The lowest BCUT2D eigenvalue weighted by Crippen LogP contribution is -2.46. The van der Waals surface area contributed by atoms with E-state index in [1.807, 2.05) is 17.9 Å². The molecule has 0 bridgehead atoms. The van der Waals surface area contributed by atoms with Crippen LogP contribution in [-0.2, 0) is 11.2 Å². The van der Waals surface area contributed by atoms with Crippen molar-refractivity contribution in [3.8, 4) is 11.4 Å². The van der Waals surface area contributed by atoms with Crippen molar-refractivity contribution in [2.75, 3.05) is 19.6 Å². The van der Waals surface area contributed by atoms with Crippen molar-refractivity contribution in [3.63, 3.8) is 0 Å². The molecule has 1 aliphatic rings. The van der Waals surface area contributed by atoms with Crippen molar-refractivity contribution in [1.29, 1.82) is 0 Å². The number of nitrogens with one attached hydrogen (secondary N) is 2. The normalized spacial score (nSPS) is 14.8. The van der Waals surface area contributed by atoms with Gasteiger partial charge in [0.15, 0.2) is 0 Å². The predicted octanol–water partition coefficient (Wildman–Crippen LogP) is 2.06. The second-order valence-electron chi connectivity index (χ2n) is 7.29. The average molecular weight is 383 g/mol. The number of nitrogens with zero attached hydrogens (tertiary/aromatic N) is 3. The Morgan fingerprint density at radius 3 is 2.75 bits per heavy atom. The first-order valence-electron chi connectivity index (χ1n) is 10.1. The van der Waals surface area contributed by atoms with E-state index in [2.05, 4.69) is 27.2 Å². The zero-order valence-electron chi connectivity index (χ0n) is 16.7. The lowest BCUT2D eigenvalue weighted by molar-refractivity contribution is -0.134. The van der Waals surface area contributed by atoms with Gasteiger partial charge in [-0.3, -0.25) is 14.6 Å². The number of carbonyl (C=O) groups excluding carboxylic acids is 1. The molecule has 28 heavy (non-hydrogen) atoms. The van der Waals surface area contributed by atoms with Gasteiger partial charge < -0.3 is 15.2 Å². The third-order valence-corrected chi connectivity index (χ3v) is 5.28. The molecular formula is C21H29N5O2. The Balaban J connectivity index is 1.70. The van der Waals surface area contributed by atoms with Gasteiger partial charge in [-0.25, -0.2) is 4.98 Å². The van der Waals surface area contributed by atoms with Crippen LogP contribution < -0.4 is 10.9 Å². The van der Waals surface area contributed by atoms with Gasteiger partial charge in [0.1, 0.15) is 5.82 Å². The Bertz CT molecular complexity index is 844. The molecule has 0 atom stereocenters. The minimum Gasteiger partial charge on any atom is -0.340 e. The number of aromatic amines is 1. The molecule has 3 heterocycles. The van der Waals surface area contributed by atoms with Crippen LogP contribution in [-0.4, -0.2) is 51.4 Å². The van der Waals surface area contributed by atoms with Crippen LogP contribution in [0.4, 0.5) is 0 Å². The van der Waals surface area contributed by atoms with Crippen molar-refractivity contribution < 1.29 is 4.79 Å². The van der Waals surface area contributed by atoms with Gasteiger partial charge in [0.25, 0.3) is 5.56 Å². The number of hydrogen-bond donors (Lipinski definition) is 2. The number of carbonyl (C=O) groups is 1. The first-order valence-corrected chi connectivity index (χ1v) is 10.1. The van der Waals surface area contributed by atoms with E-state index < -0.39 is 0 Å². The van der Waals surface area contributed by atoms with Crippen molar-refractivity contribution in [2.24, 2.45) is 0 Å². The largest absolute Gasteiger partial charge is 0.340 e. The SMILES string of the molecule is CCCN(C(=O)CCc1c(C)nc(-c2cccnc2)[nH]c1=O)C1CCNCC1. The molecule has 7 nitrogen and oxygen atoms in total. The highest BCUT2D eigenvalue weighted by molar-refractivity contribution is 5.76. The van der Waals surface area contributed by atoms with Gasteiger partial charge in [-0.15, -0.1) is 0 Å². The van der Waals surface area contributed by atoms with Crippen LogP contribution in [0.5, 0.6) is 0 Å². The topological polar surface area (TPSA) is 91.0 Å². The third-order valence-electron chi connectivity index (χ3n) is 5.28. The number of H-pyrrole nitrogens is 1. The third kappa shape index (κ3) is 4.84. The zero-order chi connectivity index (χ0) is 19.9. The van der Waals surface area contributed by atoms with Crippen LogP contribution in [0, 0.1) is 6.92 Å². The minimum absolute atomic E-state index is 0.129. The van der Waals surface area contributed by atoms with Crippen molar-refractivity contribution in [1.82, 2.24) is 25.2 Å². The van der Waals surface area contributed by atoms with E-state index in [9.17, 15) is 9.59 Å². The molecule has 0 aliphatic carbocycles. The van der Waals surface area contributed by atoms with Gasteiger partial charge in [-0.05, 0) is 57.8 Å². The summed E-state index contributed by atoms with van der Waals surface area (Å²) in [5.74, 6) is 0.636. The molecular weight excluding hydrogens is 354 g/mol. The maximum atomic E-state index is 12.9. The summed E-state index contributed by atoms with van der Waals surface area (Å²) in [6.45, 7) is 6.60. The molecule has 2 aromatic rings. The second kappa shape index (κ2) is 9.59. The molecule has 0 aromatic carbocycles. The highest BCUT2D eigenvalue weighted by Gasteiger charge is 2.24. The molecule has 2 aromatic heterocycles. The molecule has 0 saturated carbocycles. The van der Waals surface area contributed by atoms with E-state index in [0.717, 1.165) is 44.5 Å². The van der Waals surface area contributed by atoms with Crippen LogP contribution >= 0.6 is 0 Å². The van der Waals surface area contributed by atoms with Gasteiger partial charge in [0.2, 0.25) is 5.91 Å². The van der Waals surface area contributed by atoms with Crippen LogP contribution in [0.15, 0.2) is 29.3 Å². The Morgan fingerprint density at radius 2 is 2.11 bits per heavy atom. The first-order chi connectivity index (χ1) is 13.6. The Hall–Kier alpha value is -2.54. The van der Waals surface area contributed by atoms with E-state index >= 15 is 0 Å². The summed E-state index contributed by atoms with van der Waals surface area (Å²) in [4.78, 5) is 38.9. The Labute approximate surface area is 165 Å². The summed E-state index contributed by atoms with van der Waals surface area (Å²) in [7, 11) is 0. The second-order valence-corrected chi connectivity index (χ2v) is 7.29. The molecule has 150 valence electrons. The summed E-state index contributed by atoms with van der Waals surface area (Å²) < 4.78 is 0. The molecule has 1 amide bonds. The maximum absolute atomic E-state index is 12.9. The fourth-order valence-electron chi connectivity index (χ4n) is 3.79. The summed E-state index contributed by atoms with van der Waals surface area (Å²) in [5, 5.41) is 3.35. The number of piperidine rings is 1. The fourth-order valence-corrected chi connectivity index (χ4v) is 3.79. The van der Waals surface area contributed by atoms with Gasteiger partial charge in [-0.2, -0.15) is 0 Å². The van der Waals surface area contributed by atoms with E-state index in [1.165, 1.54) is 0 Å². The van der Waals surface area contributed by atoms with E-state index in [-0.39, 0.29) is 11.5 Å². The minimum atomic E-state index is -0.178. The number of aromatic nitrogens is 3. The van der Waals surface area contributed by atoms with Crippen LogP contribution in [0.2, 0.25) is 0 Å². The molecule has 0 radical (unpaired) electrons. The molecule has 3 rings (SSSR count). The number of rotatable bonds is 7. The highest BCUT2D eigenvalue weighted by atomic mass is 16.2. The van der Waals surface area contributed by atoms with Gasteiger partial charge in [0, 0.05) is 48.2 Å². The molecule has 0 unspecified atom stereocenters. The quantitative estimate of drug-likeness (QED) is 0.764. The van der Waals surface area contributed by atoms with E-state index in [0.29, 0.717) is 36.0 Å².